The molecule has 0 aromatic heterocycles. The van der Waals surface area contributed by atoms with Crippen LogP contribution in [-0.2, 0) is 4.79 Å². The van der Waals surface area contributed by atoms with E-state index in [2.05, 4.69) is 21.2 Å². The average molecular weight is 510 g/mol. The Bertz CT molecular complexity index is 1300. The quantitative estimate of drug-likeness (QED) is 0.263. The number of hydrazone groups is 1. The lowest BCUT2D eigenvalue weighted by Crippen LogP contribution is -2.45. The molecule has 0 bridgehead atoms. The van der Waals surface area contributed by atoms with E-state index in [4.69, 9.17) is 33.3 Å². The smallest absolute Gasteiger partial charge is 0.339 e. The second-order valence-electron chi connectivity index (χ2n) is 7.21. The van der Waals surface area contributed by atoms with Gasteiger partial charge >= 0.3 is 6.03 Å². The number of rotatable bonds is 5. The predicted octanol–water partition coefficient (Wildman–Crippen LogP) is 4.63. The van der Waals surface area contributed by atoms with Gasteiger partial charge in [-0.1, -0.05) is 35.9 Å². The van der Waals surface area contributed by atoms with Gasteiger partial charge in [0.15, 0.2) is 11.7 Å². The summed E-state index contributed by atoms with van der Waals surface area (Å²) in [7, 11) is 1.55. The van der Waals surface area contributed by atoms with Gasteiger partial charge in [0, 0.05) is 16.8 Å². The van der Waals surface area contributed by atoms with Gasteiger partial charge in [0.25, 0.3) is 5.91 Å². The lowest BCUT2D eigenvalue weighted by molar-refractivity contribution is -0.120. The number of hydrogen-bond acceptors (Lipinski definition) is 6. The molecule has 4 rings (SSSR count). The maximum atomic E-state index is 12.6. The van der Waals surface area contributed by atoms with Crippen molar-refractivity contribution in [3.05, 3.63) is 77.3 Å². The van der Waals surface area contributed by atoms with Gasteiger partial charge in [-0.25, -0.2) is 10.2 Å². The monoisotopic (exact) mass is 509 g/mol. The molecule has 0 radical (unpaired) electrons. The lowest BCUT2D eigenvalue weighted by atomic mass is 10.2. The highest BCUT2D eigenvalue weighted by atomic mass is 35.5. The van der Waals surface area contributed by atoms with Crippen molar-refractivity contribution in [1.82, 2.24) is 5.43 Å². The molecule has 9 nitrogen and oxygen atoms in total. The number of urea groups is 1. The highest BCUT2D eigenvalue weighted by Gasteiger charge is 2.29. The number of hydrogen-bond donors (Lipinski definition) is 3. The van der Waals surface area contributed by atoms with Gasteiger partial charge < -0.3 is 20.1 Å². The molecular formula is C24H20ClN5O4S. The molecule has 178 valence electrons. The average Bonchev–Trinajstić information content (AvgIpc) is 2.85. The largest absolute Gasteiger partial charge is 0.495 e. The van der Waals surface area contributed by atoms with E-state index in [0.29, 0.717) is 33.6 Å². The molecule has 0 fully saturated rings. The summed E-state index contributed by atoms with van der Waals surface area (Å²) in [6.45, 7) is -0.207. The first-order valence-corrected chi connectivity index (χ1v) is 11.1. The summed E-state index contributed by atoms with van der Waals surface area (Å²) in [5.41, 5.74) is 4.67. The number of benzene rings is 3. The zero-order chi connectivity index (χ0) is 24.8. The van der Waals surface area contributed by atoms with Crippen LogP contribution in [0.15, 0.2) is 71.8 Å². The third-order valence-electron chi connectivity index (χ3n) is 4.86. The number of thiocarbonyl (C=S) groups is 1. The third-order valence-corrected chi connectivity index (χ3v) is 5.40. The van der Waals surface area contributed by atoms with Crippen molar-refractivity contribution >= 4 is 64.1 Å². The summed E-state index contributed by atoms with van der Waals surface area (Å²) in [5.74, 6) is 0.635. The molecule has 0 saturated carbocycles. The molecule has 35 heavy (non-hydrogen) atoms. The fraction of sp³-hybridized carbons (Fsp3) is 0.0833. The van der Waals surface area contributed by atoms with Crippen molar-refractivity contribution < 1.29 is 19.1 Å². The van der Waals surface area contributed by atoms with E-state index in [1.807, 2.05) is 12.1 Å². The van der Waals surface area contributed by atoms with E-state index in [1.54, 1.807) is 61.7 Å². The fourth-order valence-corrected chi connectivity index (χ4v) is 3.68. The molecule has 0 aliphatic carbocycles. The zero-order valence-corrected chi connectivity index (χ0v) is 20.0. The molecular weight excluding hydrogens is 490 g/mol. The molecule has 1 heterocycles. The predicted molar refractivity (Wildman–Crippen MR) is 140 cm³/mol. The van der Waals surface area contributed by atoms with Crippen molar-refractivity contribution in [2.24, 2.45) is 5.10 Å². The first-order chi connectivity index (χ1) is 16.9. The van der Waals surface area contributed by atoms with Crippen molar-refractivity contribution in [3.63, 3.8) is 0 Å². The fourth-order valence-electron chi connectivity index (χ4n) is 3.25. The molecule has 3 amide bonds. The Kier molecular flexibility index (Phi) is 7.44. The summed E-state index contributed by atoms with van der Waals surface area (Å²) < 4.78 is 10.9. The molecule has 11 heteroatoms. The van der Waals surface area contributed by atoms with Crippen LogP contribution >= 0.6 is 23.8 Å². The van der Waals surface area contributed by atoms with Crippen molar-refractivity contribution in [2.75, 3.05) is 29.3 Å². The van der Waals surface area contributed by atoms with E-state index in [1.165, 1.54) is 11.1 Å². The molecule has 0 spiro atoms. The Morgan fingerprint density at radius 3 is 2.69 bits per heavy atom. The van der Waals surface area contributed by atoms with Gasteiger partial charge in [0.1, 0.15) is 11.5 Å². The minimum atomic E-state index is -0.549. The summed E-state index contributed by atoms with van der Waals surface area (Å²) in [4.78, 5) is 26.2. The Balaban J connectivity index is 1.43. The van der Waals surface area contributed by atoms with E-state index in [9.17, 15) is 9.59 Å². The number of carbonyl (C=O) groups is 2. The number of halogens is 1. The van der Waals surface area contributed by atoms with Crippen LogP contribution in [0.25, 0.3) is 0 Å². The van der Waals surface area contributed by atoms with Crippen molar-refractivity contribution in [3.8, 4) is 11.5 Å². The topological polar surface area (TPSA) is 104 Å². The van der Waals surface area contributed by atoms with Gasteiger partial charge in [-0.15, -0.1) is 0 Å². The summed E-state index contributed by atoms with van der Waals surface area (Å²) in [6, 6.07) is 18.5. The van der Waals surface area contributed by atoms with Crippen LogP contribution in [0, 0.1) is 0 Å². The Morgan fingerprint density at radius 1 is 1.14 bits per heavy atom. The number of methoxy groups -OCH3 is 1. The number of ether oxygens (including phenoxy) is 2. The molecule has 1 aliphatic heterocycles. The maximum Gasteiger partial charge on any atom is 0.339 e. The van der Waals surface area contributed by atoms with Crippen LogP contribution in [0.4, 0.5) is 21.9 Å². The highest BCUT2D eigenvalue weighted by Crippen LogP contribution is 2.35. The second-order valence-corrected chi connectivity index (χ2v) is 8.03. The van der Waals surface area contributed by atoms with Crippen LogP contribution in [-0.4, -0.2) is 37.0 Å². The van der Waals surface area contributed by atoms with E-state index >= 15 is 0 Å². The summed E-state index contributed by atoms with van der Waals surface area (Å²) in [6.07, 6.45) is 1.49. The first-order valence-electron chi connectivity index (χ1n) is 10.3. The molecule has 3 aromatic rings. The van der Waals surface area contributed by atoms with E-state index in [0.717, 1.165) is 5.56 Å². The van der Waals surface area contributed by atoms with Crippen LogP contribution < -0.4 is 30.4 Å². The standard InChI is InChI=1S/C24H20ClN5O4S/c1-33-20-5-3-2-4-18(20)28-24(35)30-19-11-10-17(12-21(19)34-14-22(30)31)27-23(32)29-26-13-15-6-8-16(25)9-7-15/h2-13H,14H2,1H3,(H,28,35)(H2,27,29,32)/b26-13+. The van der Waals surface area contributed by atoms with Gasteiger partial charge in [0.05, 0.1) is 24.7 Å². The highest BCUT2D eigenvalue weighted by molar-refractivity contribution is 7.80. The van der Waals surface area contributed by atoms with Crippen LogP contribution in [0.1, 0.15) is 5.56 Å². The number of nitrogens with zero attached hydrogens (tertiary/aromatic N) is 2. The van der Waals surface area contributed by atoms with E-state index < -0.39 is 6.03 Å². The van der Waals surface area contributed by atoms with Crippen molar-refractivity contribution in [1.29, 1.82) is 0 Å². The molecule has 0 saturated heterocycles. The molecule has 3 aromatic carbocycles. The van der Waals surface area contributed by atoms with Crippen LogP contribution in [0.3, 0.4) is 0 Å². The number of carbonyl (C=O) groups excluding carboxylic acids is 2. The van der Waals surface area contributed by atoms with Crippen LogP contribution in [0.2, 0.25) is 5.02 Å². The SMILES string of the molecule is COc1ccccc1NC(=S)N1C(=O)COc2cc(NC(=O)N/N=C/c3ccc(Cl)cc3)ccc21. The number of anilines is 3. The Morgan fingerprint density at radius 2 is 1.91 bits per heavy atom. The minimum absolute atomic E-state index is 0.166. The summed E-state index contributed by atoms with van der Waals surface area (Å²) >= 11 is 11.3. The van der Waals surface area contributed by atoms with Gasteiger partial charge in [-0.3, -0.25) is 9.69 Å². The number of fused-ring (bicyclic) bond motifs is 1. The van der Waals surface area contributed by atoms with Crippen LogP contribution in [0.5, 0.6) is 11.5 Å². The third kappa shape index (κ3) is 5.86. The Labute approximate surface area is 211 Å². The van der Waals surface area contributed by atoms with Gasteiger partial charge in [-0.2, -0.15) is 5.10 Å². The van der Waals surface area contributed by atoms with Gasteiger partial charge in [-0.05, 0) is 54.2 Å². The number of nitrogens with one attached hydrogen (secondary N) is 3. The molecule has 1 aliphatic rings. The van der Waals surface area contributed by atoms with E-state index in [-0.39, 0.29) is 17.6 Å². The number of amides is 3. The maximum absolute atomic E-state index is 12.6. The molecule has 3 N–H and O–H groups in total. The number of para-hydroxylation sites is 2. The normalized spacial score (nSPS) is 12.5. The molecule has 0 unspecified atom stereocenters. The lowest BCUT2D eigenvalue weighted by Gasteiger charge is -2.30. The summed E-state index contributed by atoms with van der Waals surface area (Å²) in [5, 5.41) is 10.4. The Hall–Kier alpha value is -4.15. The van der Waals surface area contributed by atoms with Crippen molar-refractivity contribution in [2.45, 2.75) is 0 Å². The molecule has 0 atom stereocenters. The van der Waals surface area contributed by atoms with Gasteiger partial charge in [0.2, 0.25) is 0 Å². The minimum Gasteiger partial charge on any atom is -0.495 e. The first kappa shape index (κ1) is 24.0. The zero-order valence-electron chi connectivity index (χ0n) is 18.4. The second kappa shape index (κ2) is 10.9.